The Kier molecular flexibility index (Phi) is 5.22. The Bertz CT molecular complexity index is 615. The highest BCUT2D eigenvalue weighted by atomic mass is 35.6. The van der Waals surface area contributed by atoms with Gasteiger partial charge in [-0.25, -0.2) is 14.7 Å². The minimum absolute atomic E-state index is 0.177. The normalized spacial score (nSPS) is 19.2. The molecule has 1 unspecified atom stereocenters. The van der Waals surface area contributed by atoms with Crippen molar-refractivity contribution in [3.05, 3.63) is 30.3 Å². The summed E-state index contributed by atoms with van der Waals surface area (Å²) in [6, 6.07) is 8.05. The maximum absolute atomic E-state index is 12.4. The summed E-state index contributed by atoms with van der Waals surface area (Å²) in [5, 5.41) is 0. The number of benzene rings is 1. The van der Waals surface area contributed by atoms with Crippen LogP contribution in [-0.4, -0.2) is 38.5 Å². The molecule has 0 radical (unpaired) electrons. The molecule has 2 rings (SSSR count). The van der Waals surface area contributed by atoms with Gasteiger partial charge in [0.2, 0.25) is 9.63 Å². The highest BCUT2D eigenvalue weighted by Gasteiger charge is 2.44. The Labute approximate surface area is 147 Å². The van der Waals surface area contributed by atoms with Gasteiger partial charge in [-0.3, -0.25) is 9.69 Å². The number of imide groups is 1. The van der Waals surface area contributed by atoms with Crippen molar-refractivity contribution in [3.8, 4) is 0 Å². The molecule has 0 N–H and O–H groups in total. The molecule has 1 fully saturated rings. The molecule has 1 heterocycles. The largest absolute Gasteiger partial charge is 0.337 e. The van der Waals surface area contributed by atoms with E-state index in [0.717, 1.165) is 9.80 Å². The molecule has 3 amide bonds. The molecule has 0 saturated carbocycles. The van der Waals surface area contributed by atoms with Gasteiger partial charge in [0.25, 0.3) is 5.91 Å². The second kappa shape index (κ2) is 6.62. The van der Waals surface area contributed by atoms with E-state index < -0.39 is 21.2 Å². The van der Waals surface area contributed by atoms with Gasteiger partial charge in [-0.05, 0) is 19.1 Å². The number of halogens is 4. The maximum atomic E-state index is 12.4. The highest BCUT2D eigenvalue weighted by Crippen LogP contribution is 2.35. The van der Waals surface area contributed by atoms with Gasteiger partial charge in [0.05, 0.1) is 5.69 Å². The number of para-hydroxylation sites is 1. The first-order valence-electron chi connectivity index (χ1n) is 6.27. The van der Waals surface area contributed by atoms with Crippen LogP contribution in [0.1, 0.15) is 6.92 Å². The number of likely N-dealkylation sites (N-methyl/N-ethyl adjacent to an activating group) is 1. The minimum Gasteiger partial charge on any atom is -0.265 e. The molecule has 5 nitrogen and oxygen atoms in total. The predicted octanol–water partition coefficient (Wildman–Crippen LogP) is 3.81. The first-order chi connectivity index (χ1) is 10.3. The van der Waals surface area contributed by atoms with E-state index in [9.17, 15) is 9.59 Å². The van der Waals surface area contributed by atoms with Crippen LogP contribution in [0.3, 0.4) is 0 Å². The summed E-state index contributed by atoms with van der Waals surface area (Å²) in [4.78, 5) is 30.9. The van der Waals surface area contributed by atoms with Crippen LogP contribution in [-0.2, 0) is 4.79 Å². The third kappa shape index (κ3) is 3.33. The average Bonchev–Trinajstić information content (AvgIpc) is 2.69. The Balaban J connectivity index is 2.50. The zero-order valence-corrected chi connectivity index (χ0v) is 14.4. The number of nitrogens with zero attached hydrogens (tertiary/aromatic N) is 3. The summed E-state index contributed by atoms with van der Waals surface area (Å²) in [7, 11) is 0. The topological polar surface area (TPSA) is 53.0 Å². The number of carbonyl (C=O) groups is 2. The van der Waals surface area contributed by atoms with Gasteiger partial charge in [0.15, 0.2) is 5.50 Å². The lowest BCUT2D eigenvalue weighted by Gasteiger charge is -2.18. The van der Waals surface area contributed by atoms with Crippen molar-refractivity contribution in [3.63, 3.8) is 0 Å². The van der Waals surface area contributed by atoms with Crippen molar-refractivity contribution in [2.24, 2.45) is 4.99 Å². The lowest BCUT2D eigenvalue weighted by Crippen LogP contribution is -2.33. The number of amidine groups is 1. The molecule has 0 bridgehead atoms. The van der Waals surface area contributed by atoms with Crippen molar-refractivity contribution in [2.75, 3.05) is 11.4 Å². The second-order valence-corrected chi connectivity index (χ2v) is 7.12. The van der Waals surface area contributed by atoms with Gasteiger partial charge >= 0.3 is 6.03 Å². The molecule has 0 aromatic heterocycles. The van der Waals surface area contributed by atoms with Crippen LogP contribution in [0.15, 0.2) is 35.3 Å². The van der Waals surface area contributed by atoms with Crippen LogP contribution in [0, 0.1) is 0 Å². The second-order valence-electron chi connectivity index (χ2n) is 4.33. The van der Waals surface area contributed by atoms with Gasteiger partial charge in [-0.2, -0.15) is 0 Å². The SMILES string of the molecule is CCN1C(=O)/C(=N/C(Cl)C(Cl)(Cl)Cl)N(c2ccccc2)C1=O. The van der Waals surface area contributed by atoms with Crippen LogP contribution in [0.2, 0.25) is 0 Å². The Morgan fingerprint density at radius 1 is 1.18 bits per heavy atom. The molecule has 22 heavy (non-hydrogen) atoms. The molecular weight excluding hydrogens is 372 g/mol. The van der Waals surface area contributed by atoms with Crippen molar-refractivity contribution in [1.29, 1.82) is 0 Å². The van der Waals surface area contributed by atoms with E-state index in [-0.39, 0.29) is 12.4 Å². The van der Waals surface area contributed by atoms with Crippen LogP contribution < -0.4 is 4.90 Å². The van der Waals surface area contributed by atoms with E-state index in [0.29, 0.717) is 5.69 Å². The molecule has 118 valence electrons. The Morgan fingerprint density at radius 2 is 1.77 bits per heavy atom. The van der Waals surface area contributed by atoms with Gasteiger partial charge in [-0.1, -0.05) is 64.6 Å². The standard InChI is InChI=1S/C13H11Cl4N3O2/c1-2-19-10(21)9(18-11(14)13(15,16)17)20(12(19)22)8-6-4-3-5-7-8/h3-7,11H,2H2,1H3/b18-9-. The lowest BCUT2D eigenvalue weighted by atomic mass is 10.3. The maximum Gasteiger partial charge on any atom is 0.337 e. The zero-order chi connectivity index (χ0) is 16.5. The summed E-state index contributed by atoms with van der Waals surface area (Å²) in [5.41, 5.74) is -0.837. The molecule has 1 saturated heterocycles. The van der Waals surface area contributed by atoms with Crippen LogP contribution in [0.25, 0.3) is 0 Å². The van der Waals surface area contributed by atoms with Gasteiger partial charge in [0.1, 0.15) is 0 Å². The molecule has 0 aliphatic carbocycles. The smallest absolute Gasteiger partial charge is 0.265 e. The molecule has 1 aromatic carbocycles. The van der Waals surface area contributed by atoms with E-state index in [1.807, 2.05) is 0 Å². The van der Waals surface area contributed by atoms with E-state index in [2.05, 4.69) is 4.99 Å². The third-order valence-corrected chi connectivity index (χ3v) is 4.29. The number of hydrogen-bond donors (Lipinski definition) is 0. The molecule has 0 spiro atoms. The zero-order valence-electron chi connectivity index (χ0n) is 11.3. The molecule has 9 heteroatoms. The first kappa shape index (κ1) is 17.3. The molecular formula is C13H11Cl4N3O2. The van der Waals surface area contributed by atoms with E-state index in [1.54, 1.807) is 37.3 Å². The third-order valence-electron chi connectivity index (χ3n) is 2.91. The van der Waals surface area contributed by atoms with Crippen LogP contribution in [0.4, 0.5) is 10.5 Å². The van der Waals surface area contributed by atoms with Gasteiger partial charge < -0.3 is 0 Å². The monoisotopic (exact) mass is 381 g/mol. The van der Waals surface area contributed by atoms with E-state index >= 15 is 0 Å². The summed E-state index contributed by atoms with van der Waals surface area (Å²) in [6.45, 7) is 1.87. The number of anilines is 1. The number of rotatable bonds is 3. The molecule has 1 aliphatic heterocycles. The van der Waals surface area contributed by atoms with Gasteiger partial charge in [0, 0.05) is 6.54 Å². The molecule has 1 aliphatic rings. The van der Waals surface area contributed by atoms with E-state index in [4.69, 9.17) is 46.4 Å². The highest BCUT2D eigenvalue weighted by molar-refractivity contribution is 6.70. The number of carbonyl (C=O) groups excluding carboxylic acids is 2. The number of hydrogen-bond acceptors (Lipinski definition) is 3. The fourth-order valence-corrected chi connectivity index (χ4v) is 2.14. The van der Waals surface area contributed by atoms with Crippen LogP contribution >= 0.6 is 46.4 Å². The average molecular weight is 383 g/mol. The number of urea groups is 1. The molecule has 1 aromatic rings. The van der Waals surface area contributed by atoms with E-state index in [1.165, 1.54) is 0 Å². The first-order valence-corrected chi connectivity index (χ1v) is 7.84. The van der Waals surface area contributed by atoms with Crippen molar-refractivity contribution in [1.82, 2.24) is 4.90 Å². The fourth-order valence-electron chi connectivity index (χ4n) is 1.90. The number of amides is 3. The molecule has 1 atom stereocenters. The van der Waals surface area contributed by atoms with Crippen LogP contribution in [0.5, 0.6) is 0 Å². The Hall–Kier alpha value is -1.01. The van der Waals surface area contributed by atoms with Crippen molar-refractivity contribution < 1.29 is 9.59 Å². The number of aliphatic imine (C=N–C) groups is 1. The Morgan fingerprint density at radius 3 is 2.27 bits per heavy atom. The van der Waals surface area contributed by atoms with Crippen molar-refractivity contribution >= 4 is 69.9 Å². The fraction of sp³-hybridized carbons (Fsp3) is 0.308. The predicted molar refractivity (Wildman–Crippen MR) is 89.1 cm³/mol. The summed E-state index contributed by atoms with van der Waals surface area (Å²) >= 11 is 22.9. The van der Waals surface area contributed by atoms with Crippen molar-refractivity contribution in [2.45, 2.75) is 16.2 Å². The summed E-state index contributed by atoms with van der Waals surface area (Å²) < 4.78 is -1.90. The quantitative estimate of drug-likeness (QED) is 0.453. The lowest BCUT2D eigenvalue weighted by molar-refractivity contribution is -0.120. The van der Waals surface area contributed by atoms with Gasteiger partial charge in [-0.15, -0.1) is 0 Å². The summed E-state index contributed by atoms with van der Waals surface area (Å²) in [5.74, 6) is -0.763. The summed E-state index contributed by atoms with van der Waals surface area (Å²) in [6.07, 6.45) is 0. The number of alkyl halides is 4. The minimum atomic E-state index is -1.90.